The van der Waals surface area contributed by atoms with Gasteiger partial charge in [-0.25, -0.2) is 9.59 Å². The van der Waals surface area contributed by atoms with E-state index in [1.165, 1.54) is 28.7 Å². The molecule has 2 fully saturated rings. The second kappa shape index (κ2) is 16.2. The topological polar surface area (TPSA) is 76.7 Å². The summed E-state index contributed by atoms with van der Waals surface area (Å²) in [5, 5.41) is 6.21. The fourth-order valence-corrected chi connectivity index (χ4v) is 8.08. The maximum atomic E-state index is 12.7. The van der Waals surface area contributed by atoms with Crippen LogP contribution in [0.25, 0.3) is 0 Å². The predicted octanol–water partition coefficient (Wildman–Crippen LogP) is 10.7. The van der Waals surface area contributed by atoms with Gasteiger partial charge in [-0.15, -0.1) is 0 Å². The average Bonchev–Trinajstić information content (AvgIpc) is 3.14. The summed E-state index contributed by atoms with van der Waals surface area (Å²) in [4.78, 5) is 25.4. The van der Waals surface area contributed by atoms with E-state index in [0.29, 0.717) is 23.3 Å². The molecule has 0 aliphatic heterocycles. The van der Waals surface area contributed by atoms with E-state index >= 15 is 0 Å². The summed E-state index contributed by atoms with van der Waals surface area (Å²) in [5.74, 6) is 2.50. The van der Waals surface area contributed by atoms with Crippen LogP contribution < -0.4 is 20.1 Å². The maximum Gasteiger partial charge on any atom is 0.412 e. The quantitative estimate of drug-likeness (QED) is 0.174. The number of ether oxygens (including phenoxy) is 2. The fourth-order valence-electron chi connectivity index (χ4n) is 8.08. The molecule has 6 heteroatoms. The van der Waals surface area contributed by atoms with Crippen LogP contribution in [0.5, 0.6) is 11.5 Å². The largest absolute Gasteiger partial charge is 0.412 e. The highest BCUT2D eigenvalue weighted by Gasteiger charge is 2.29. The van der Waals surface area contributed by atoms with Crippen molar-refractivity contribution in [3.8, 4) is 11.5 Å². The second-order valence-electron chi connectivity index (χ2n) is 15.8. The zero-order chi connectivity index (χ0) is 35.8. The van der Waals surface area contributed by atoms with Gasteiger partial charge in [0.15, 0.2) is 0 Å². The van der Waals surface area contributed by atoms with Crippen LogP contribution in [0.15, 0.2) is 109 Å². The van der Waals surface area contributed by atoms with Crippen LogP contribution in [0, 0.1) is 11.8 Å². The van der Waals surface area contributed by atoms with E-state index in [1.54, 1.807) is 0 Å². The van der Waals surface area contributed by atoms with Gasteiger partial charge in [0, 0.05) is 22.9 Å². The van der Waals surface area contributed by atoms with Crippen molar-refractivity contribution in [3.63, 3.8) is 0 Å². The predicted molar refractivity (Wildman–Crippen MR) is 204 cm³/mol. The maximum absolute atomic E-state index is 12.7. The van der Waals surface area contributed by atoms with E-state index in [1.807, 2.05) is 60.7 Å². The first-order valence-corrected chi connectivity index (χ1v) is 18.8. The van der Waals surface area contributed by atoms with Crippen LogP contribution >= 0.6 is 0 Å². The lowest BCUT2D eigenvalue weighted by Crippen LogP contribution is -2.40. The molecule has 0 radical (unpaired) electrons. The van der Waals surface area contributed by atoms with Gasteiger partial charge in [0.1, 0.15) is 11.5 Å². The van der Waals surface area contributed by atoms with Crippen LogP contribution in [-0.4, -0.2) is 24.3 Å². The van der Waals surface area contributed by atoms with E-state index in [2.05, 4.69) is 86.9 Å². The minimum atomic E-state index is -0.373. The van der Waals surface area contributed by atoms with Crippen molar-refractivity contribution in [2.24, 2.45) is 11.8 Å². The molecule has 0 atom stereocenters. The minimum Gasteiger partial charge on any atom is -0.410 e. The number of rotatable bonds is 10. The van der Waals surface area contributed by atoms with Gasteiger partial charge in [-0.05, 0) is 116 Å². The number of carbonyl (C=O) groups is 2. The lowest BCUT2D eigenvalue weighted by Gasteiger charge is -2.34. The Morgan fingerprint density at radius 1 is 0.490 bits per heavy atom. The Hall–Kier alpha value is -4.58. The zero-order valence-electron chi connectivity index (χ0n) is 30.7. The van der Waals surface area contributed by atoms with Gasteiger partial charge in [0.2, 0.25) is 0 Å². The van der Waals surface area contributed by atoms with Crippen molar-refractivity contribution in [3.05, 3.63) is 131 Å². The summed E-state index contributed by atoms with van der Waals surface area (Å²) in [6.07, 6.45) is 8.92. The molecule has 4 aromatic rings. The molecule has 4 aromatic carbocycles. The van der Waals surface area contributed by atoms with Gasteiger partial charge in [0.05, 0.1) is 0 Å². The second-order valence-corrected chi connectivity index (χ2v) is 15.8. The Bertz CT molecular complexity index is 1570. The van der Waals surface area contributed by atoms with E-state index in [-0.39, 0.29) is 35.1 Å². The molecular weight excluding hydrogens is 633 g/mol. The van der Waals surface area contributed by atoms with Crippen LogP contribution in [0.2, 0.25) is 0 Å². The Balaban J connectivity index is 0.867. The normalized spacial score (nSPS) is 20.9. The summed E-state index contributed by atoms with van der Waals surface area (Å²) in [6.45, 7) is 8.82. The molecule has 2 amide bonds. The van der Waals surface area contributed by atoms with E-state index < -0.39 is 0 Å². The third-order valence-electron chi connectivity index (χ3n) is 11.6. The summed E-state index contributed by atoms with van der Waals surface area (Å²) < 4.78 is 11.3. The molecule has 0 heterocycles. The number of nitrogens with one attached hydrogen (secondary N) is 2. The van der Waals surface area contributed by atoms with Crippen LogP contribution in [-0.2, 0) is 10.8 Å². The van der Waals surface area contributed by atoms with Crippen LogP contribution in [0.4, 0.5) is 9.59 Å². The van der Waals surface area contributed by atoms with Gasteiger partial charge in [-0.2, -0.15) is 0 Å². The molecule has 268 valence electrons. The summed E-state index contributed by atoms with van der Waals surface area (Å²) in [5.41, 5.74) is 4.56. The van der Waals surface area contributed by atoms with Gasteiger partial charge in [0.25, 0.3) is 0 Å². The summed E-state index contributed by atoms with van der Waals surface area (Å²) >= 11 is 0. The van der Waals surface area contributed by atoms with Crippen LogP contribution in [0.1, 0.15) is 108 Å². The van der Waals surface area contributed by atoms with E-state index in [4.69, 9.17) is 9.47 Å². The zero-order valence-corrected chi connectivity index (χ0v) is 30.7. The molecule has 2 aliphatic carbocycles. The van der Waals surface area contributed by atoms with E-state index in [0.717, 1.165) is 51.4 Å². The smallest absolute Gasteiger partial charge is 0.410 e. The van der Waals surface area contributed by atoms with Gasteiger partial charge in [-0.3, -0.25) is 0 Å². The van der Waals surface area contributed by atoms with Gasteiger partial charge in [-0.1, -0.05) is 113 Å². The molecule has 6 nitrogen and oxygen atoms in total. The van der Waals surface area contributed by atoms with Gasteiger partial charge < -0.3 is 20.1 Å². The molecule has 0 aromatic heterocycles. The highest BCUT2D eigenvalue weighted by molar-refractivity contribution is 5.71. The molecule has 2 saturated carbocycles. The number of hydrogen-bond acceptors (Lipinski definition) is 4. The van der Waals surface area contributed by atoms with Gasteiger partial charge >= 0.3 is 12.2 Å². The molecular formula is C45H54N2O4. The number of carbonyl (C=O) groups excluding carboxylic acids is 2. The number of amides is 2. The van der Waals surface area contributed by atoms with Crippen molar-refractivity contribution < 1.29 is 19.1 Å². The summed E-state index contributed by atoms with van der Waals surface area (Å²) in [7, 11) is 0. The molecule has 2 aliphatic rings. The van der Waals surface area contributed by atoms with E-state index in [9.17, 15) is 9.59 Å². The third kappa shape index (κ3) is 9.40. The lowest BCUT2D eigenvalue weighted by atomic mass is 9.76. The minimum absolute atomic E-state index is 0.139. The molecule has 0 saturated heterocycles. The Morgan fingerprint density at radius 3 is 1.14 bits per heavy atom. The average molecular weight is 687 g/mol. The third-order valence-corrected chi connectivity index (χ3v) is 11.6. The first kappa shape index (κ1) is 36.2. The molecule has 0 unspecified atom stereocenters. The number of benzene rings is 4. The first-order chi connectivity index (χ1) is 24.6. The van der Waals surface area contributed by atoms with Crippen molar-refractivity contribution in [1.29, 1.82) is 0 Å². The molecule has 2 N–H and O–H groups in total. The highest BCUT2D eigenvalue weighted by Crippen LogP contribution is 2.37. The number of hydrogen-bond donors (Lipinski definition) is 2. The monoisotopic (exact) mass is 686 g/mol. The standard InChI is InChI=1S/C45H54N2O4/c1-44(2,34-11-7-5-8-12-34)36-19-27-40(28-20-36)50-42(48)46-38-23-15-32(16-24-38)31-33-17-25-39(26-18-33)47-43(49)51-41-29-21-37(22-30-41)45(3,4)35-13-9-6-10-14-35/h5-14,19-22,27-30,32-33,38-39H,15-18,23-26,31H2,1-4H3,(H,46,48)(H,47,49). The Labute approximate surface area is 304 Å². The summed E-state index contributed by atoms with van der Waals surface area (Å²) in [6, 6.07) is 36.9. The first-order valence-electron chi connectivity index (χ1n) is 18.8. The Kier molecular flexibility index (Phi) is 11.5. The van der Waals surface area contributed by atoms with Crippen molar-refractivity contribution in [1.82, 2.24) is 10.6 Å². The lowest BCUT2D eigenvalue weighted by molar-refractivity contribution is 0.175. The fraction of sp³-hybridized carbons (Fsp3) is 0.422. The SMILES string of the molecule is CC(C)(c1ccccc1)c1ccc(OC(=O)NC2CCC(CC3CCC(NC(=O)Oc4ccc(C(C)(C)c5ccccc5)cc4)CC3)CC2)cc1. The molecule has 0 bridgehead atoms. The molecule has 51 heavy (non-hydrogen) atoms. The Morgan fingerprint density at radius 2 is 0.804 bits per heavy atom. The van der Waals surface area contributed by atoms with Crippen molar-refractivity contribution in [2.75, 3.05) is 0 Å². The van der Waals surface area contributed by atoms with Crippen molar-refractivity contribution in [2.45, 2.75) is 108 Å². The van der Waals surface area contributed by atoms with Crippen LogP contribution in [0.3, 0.4) is 0 Å². The van der Waals surface area contributed by atoms with Crippen molar-refractivity contribution >= 4 is 12.2 Å². The molecule has 6 rings (SSSR count). The molecule has 0 spiro atoms. The highest BCUT2D eigenvalue weighted by atomic mass is 16.6.